The summed E-state index contributed by atoms with van der Waals surface area (Å²) in [6.07, 6.45) is 2.08. The topological polar surface area (TPSA) is 59.1 Å². The molecule has 2 amide bonds. The predicted molar refractivity (Wildman–Crippen MR) is 117 cm³/mol. The van der Waals surface area contributed by atoms with Crippen LogP contribution in [0.3, 0.4) is 0 Å². The lowest BCUT2D eigenvalue weighted by molar-refractivity contribution is -0.131. The second-order valence-corrected chi connectivity index (χ2v) is 9.08. The number of carbonyl (C=O) groups excluding carboxylic acids is 2. The highest BCUT2D eigenvalue weighted by molar-refractivity contribution is 8.01. The van der Waals surface area contributed by atoms with Crippen molar-refractivity contribution >= 4 is 23.6 Å². The predicted octanol–water partition coefficient (Wildman–Crippen LogP) is 3.95. The number of ether oxygens (including phenoxy) is 2. The van der Waals surface area contributed by atoms with Crippen LogP contribution in [0.4, 0.5) is 0 Å². The summed E-state index contributed by atoms with van der Waals surface area (Å²) in [5.41, 5.74) is 0.949. The Morgan fingerprint density at radius 2 is 2.00 bits per heavy atom. The fourth-order valence-electron chi connectivity index (χ4n) is 3.47. The maximum absolute atomic E-state index is 13.0. The molecule has 1 aromatic rings. The number of carbonyl (C=O) groups is 2. The summed E-state index contributed by atoms with van der Waals surface area (Å²) in [7, 11) is 5.11. The number of hydrogen-bond donors (Lipinski definition) is 0. The summed E-state index contributed by atoms with van der Waals surface area (Å²) in [5.74, 6) is 2.15. The minimum absolute atomic E-state index is 0.0591. The van der Waals surface area contributed by atoms with Crippen molar-refractivity contribution in [1.82, 2.24) is 9.80 Å². The number of rotatable bonds is 10. The molecule has 7 heteroatoms. The first-order valence-corrected chi connectivity index (χ1v) is 11.2. The summed E-state index contributed by atoms with van der Waals surface area (Å²) < 4.78 is 10.9. The highest BCUT2D eigenvalue weighted by Gasteiger charge is 2.41. The van der Waals surface area contributed by atoms with E-state index in [1.165, 1.54) is 0 Å². The summed E-state index contributed by atoms with van der Waals surface area (Å²) in [5, 5.41) is -0.176. The standard InChI is InChI=1S/C22H34N2O4S/c1-7-19-21(26)24(12-8-11-23(4)20(25)13-15(2)3)22(29-19)17-14-16(27-5)9-10-18(17)28-6/h9-10,14-15,19,22H,7-8,11-13H2,1-6H3/t19-,22-/m1/s1. The first kappa shape index (κ1) is 23.4. The van der Waals surface area contributed by atoms with Crippen molar-refractivity contribution in [3.8, 4) is 11.5 Å². The van der Waals surface area contributed by atoms with Crippen molar-refractivity contribution in [3.63, 3.8) is 0 Å². The molecule has 1 heterocycles. The maximum atomic E-state index is 13.0. The Morgan fingerprint density at radius 1 is 1.28 bits per heavy atom. The van der Waals surface area contributed by atoms with Crippen LogP contribution >= 0.6 is 11.8 Å². The van der Waals surface area contributed by atoms with Crippen LogP contribution < -0.4 is 9.47 Å². The van der Waals surface area contributed by atoms with Crippen molar-refractivity contribution in [1.29, 1.82) is 0 Å². The zero-order valence-corrected chi connectivity index (χ0v) is 19.3. The molecule has 1 saturated heterocycles. The van der Waals surface area contributed by atoms with Gasteiger partial charge in [0, 0.05) is 32.1 Å². The summed E-state index contributed by atoms with van der Waals surface area (Å²) in [6, 6.07) is 5.70. The van der Waals surface area contributed by atoms with E-state index in [0.717, 1.165) is 29.9 Å². The van der Waals surface area contributed by atoms with Gasteiger partial charge in [-0.1, -0.05) is 20.8 Å². The molecule has 0 aromatic heterocycles. The van der Waals surface area contributed by atoms with Gasteiger partial charge >= 0.3 is 0 Å². The Balaban J connectivity index is 2.14. The largest absolute Gasteiger partial charge is 0.497 e. The lowest BCUT2D eigenvalue weighted by Crippen LogP contribution is -2.35. The molecule has 1 aliphatic rings. The van der Waals surface area contributed by atoms with Crippen LogP contribution in [-0.4, -0.2) is 61.2 Å². The van der Waals surface area contributed by atoms with Crippen molar-refractivity contribution < 1.29 is 19.1 Å². The lowest BCUT2D eigenvalue weighted by Gasteiger charge is -2.27. The SMILES string of the molecule is CC[C@H]1S[C@H](c2cc(OC)ccc2OC)N(CCCN(C)C(=O)CC(C)C)C1=O. The molecule has 0 radical (unpaired) electrons. The highest BCUT2D eigenvalue weighted by Crippen LogP contribution is 2.47. The normalized spacial score (nSPS) is 19.0. The van der Waals surface area contributed by atoms with Gasteiger partial charge in [0.1, 0.15) is 16.9 Å². The number of thioether (sulfide) groups is 1. The molecule has 1 aromatic carbocycles. The minimum Gasteiger partial charge on any atom is -0.497 e. The smallest absolute Gasteiger partial charge is 0.236 e. The Hall–Kier alpha value is -1.89. The van der Waals surface area contributed by atoms with Crippen LogP contribution in [0.15, 0.2) is 18.2 Å². The van der Waals surface area contributed by atoms with Crippen molar-refractivity contribution in [3.05, 3.63) is 23.8 Å². The van der Waals surface area contributed by atoms with Gasteiger partial charge in [0.05, 0.1) is 19.5 Å². The van der Waals surface area contributed by atoms with E-state index < -0.39 is 0 Å². The Labute approximate surface area is 178 Å². The van der Waals surface area contributed by atoms with E-state index in [1.54, 1.807) is 30.9 Å². The number of hydrogen-bond acceptors (Lipinski definition) is 5. The quantitative estimate of drug-likeness (QED) is 0.571. The summed E-state index contributed by atoms with van der Waals surface area (Å²) >= 11 is 1.66. The van der Waals surface area contributed by atoms with Gasteiger partial charge in [0.25, 0.3) is 0 Å². The molecule has 0 aliphatic carbocycles. The average Bonchev–Trinajstić information content (AvgIpc) is 3.02. The molecule has 2 atom stereocenters. The average molecular weight is 423 g/mol. The van der Waals surface area contributed by atoms with E-state index in [9.17, 15) is 9.59 Å². The van der Waals surface area contributed by atoms with Gasteiger partial charge in [0.2, 0.25) is 11.8 Å². The van der Waals surface area contributed by atoms with Crippen molar-refractivity contribution in [2.45, 2.75) is 50.7 Å². The molecule has 1 aliphatic heterocycles. The molecule has 0 unspecified atom stereocenters. The van der Waals surface area contributed by atoms with Crippen molar-refractivity contribution in [2.75, 3.05) is 34.4 Å². The van der Waals surface area contributed by atoms with E-state index in [0.29, 0.717) is 25.4 Å². The number of nitrogens with zero attached hydrogens (tertiary/aromatic N) is 2. The fourth-order valence-corrected chi connectivity index (χ4v) is 4.91. The van der Waals surface area contributed by atoms with E-state index in [2.05, 4.69) is 0 Å². The minimum atomic E-state index is -0.117. The first-order valence-electron chi connectivity index (χ1n) is 10.2. The fraction of sp³-hybridized carbons (Fsp3) is 0.636. The molecule has 0 saturated carbocycles. The van der Waals surface area contributed by atoms with Crippen LogP contribution in [0.25, 0.3) is 0 Å². The van der Waals surface area contributed by atoms with Gasteiger partial charge < -0.3 is 19.3 Å². The van der Waals surface area contributed by atoms with Crippen LogP contribution in [0.1, 0.15) is 51.0 Å². The van der Waals surface area contributed by atoms with E-state index in [4.69, 9.17) is 9.47 Å². The van der Waals surface area contributed by atoms with Gasteiger partial charge in [-0.3, -0.25) is 9.59 Å². The third-order valence-electron chi connectivity index (χ3n) is 5.11. The second kappa shape index (κ2) is 10.8. The molecule has 1 fully saturated rings. The zero-order valence-electron chi connectivity index (χ0n) is 18.4. The second-order valence-electron chi connectivity index (χ2n) is 7.79. The molecular weight excluding hydrogens is 388 g/mol. The van der Waals surface area contributed by atoms with Crippen molar-refractivity contribution in [2.24, 2.45) is 5.92 Å². The molecule has 29 heavy (non-hydrogen) atoms. The van der Waals surface area contributed by atoms with E-state index in [-0.39, 0.29) is 22.4 Å². The lowest BCUT2D eigenvalue weighted by atomic mass is 10.1. The third-order valence-corrected chi connectivity index (χ3v) is 6.74. The Bertz CT molecular complexity index is 710. The molecule has 0 N–H and O–H groups in total. The Kier molecular flexibility index (Phi) is 8.68. The maximum Gasteiger partial charge on any atom is 0.236 e. The molecule has 2 rings (SSSR count). The number of methoxy groups -OCH3 is 2. The Morgan fingerprint density at radius 3 is 2.59 bits per heavy atom. The van der Waals surface area contributed by atoms with Crippen LogP contribution in [0.5, 0.6) is 11.5 Å². The summed E-state index contributed by atoms with van der Waals surface area (Å²) in [6.45, 7) is 7.37. The van der Waals surface area contributed by atoms with Gasteiger partial charge in [-0.05, 0) is 37.0 Å². The highest BCUT2D eigenvalue weighted by atomic mass is 32.2. The molecule has 0 bridgehead atoms. The van der Waals surface area contributed by atoms with Gasteiger partial charge in [-0.25, -0.2) is 0 Å². The van der Waals surface area contributed by atoms with Crippen LogP contribution in [0.2, 0.25) is 0 Å². The monoisotopic (exact) mass is 422 g/mol. The number of benzene rings is 1. The van der Waals surface area contributed by atoms with E-state index >= 15 is 0 Å². The molecule has 0 spiro atoms. The van der Waals surface area contributed by atoms with Gasteiger partial charge in [-0.15, -0.1) is 11.8 Å². The van der Waals surface area contributed by atoms with Crippen LogP contribution in [0, 0.1) is 5.92 Å². The zero-order chi connectivity index (χ0) is 21.6. The van der Waals surface area contributed by atoms with Gasteiger partial charge in [0.15, 0.2) is 0 Å². The van der Waals surface area contributed by atoms with Gasteiger partial charge in [-0.2, -0.15) is 0 Å². The molecule has 6 nitrogen and oxygen atoms in total. The third kappa shape index (κ3) is 5.81. The first-order chi connectivity index (χ1) is 13.8. The number of amides is 2. The van der Waals surface area contributed by atoms with Crippen LogP contribution in [-0.2, 0) is 9.59 Å². The molecular formula is C22H34N2O4S. The van der Waals surface area contributed by atoms with E-state index in [1.807, 2.05) is 50.9 Å². The summed E-state index contributed by atoms with van der Waals surface area (Å²) in [4.78, 5) is 28.9. The molecule has 162 valence electrons.